The van der Waals surface area contributed by atoms with Crippen LogP contribution in [0.2, 0.25) is 0 Å². The molecule has 0 aliphatic rings. The lowest BCUT2D eigenvalue weighted by Crippen LogP contribution is -2.21. The Labute approximate surface area is 102 Å². The second-order valence-corrected chi connectivity index (χ2v) is 3.87. The van der Waals surface area contributed by atoms with E-state index in [0.717, 1.165) is 5.39 Å². The van der Waals surface area contributed by atoms with Crippen LogP contribution in [0.25, 0.3) is 10.9 Å². The van der Waals surface area contributed by atoms with Gasteiger partial charge in [-0.1, -0.05) is 0 Å². The van der Waals surface area contributed by atoms with Gasteiger partial charge in [0.1, 0.15) is 0 Å². The van der Waals surface area contributed by atoms with Crippen molar-refractivity contribution in [3.05, 3.63) is 34.6 Å². The number of aliphatic carboxylic acids is 1. The van der Waals surface area contributed by atoms with Crippen molar-refractivity contribution in [1.82, 2.24) is 4.57 Å². The summed E-state index contributed by atoms with van der Waals surface area (Å²) in [6.45, 7) is -0.553. The zero-order valence-corrected chi connectivity index (χ0v) is 9.71. The predicted molar refractivity (Wildman–Crippen MR) is 66.7 cm³/mol. The van der Waals surface area contributed by atoms with Gasteiger partial charge in [-0.05, 0) is 24.3 Å². The number of aryl methyl sites for hydroxylation is 1. The number of carboxylic acid groups (broad SMARTS) is 1. The Hall–Kier alpha value is -2.50. The van der Waals surface area contributed by atoms with Crippen molar-refractivity contribution in [3.8, 4) is 5.75 Å². The number of ether oxygens (including phenoxy) is 1. The number of rotatable bonds is 3. The first-order valence-electron chi connectivity index (χ1n) is 5.23. The minimum absolute atomic E-state index is 0.00185. The van der Waals surface area contributed by atoms with E-state index in [0.29, 0.717) is 11.2 Å². The highest BCUT2D eigenvalue weighted by Gasteiger charge is 2.09. The summed E-state index contributed by atoms with van der Waals surface area (Å²) in [5, 5.41) is 9.26. The van der Waals surface area contributed by atoms with E-state index in [1.165, 1.54) is 10.6 Å². The molecule has 2 aromatic rings. The van der Waals surface area contributed by atoms with Crippen LogP contribution < -0.4 is 16.0 Å². The van der Waals surface area contributed by atoms with Crippen LogP contribution in [0.4, 0.5) is 5.69 Å². The number of carboxylic acids is 1. The van der Waals surface area contributed by atoms with Gasteiger partial charge in [-0.3, -0.25) is 4.79 Å². The number of benzene rings is 1. The fourth-order valence-electron chi connectivity index (χ4n) is 1.71. The van der Waals surface area contributed by atoms with Gasteiger partial charge in [0.25, 0.3) is 5.56 Å². The number of nitrogen functional groups attached to an aromatic ring is 1. The molecule has 2 rings (SSSR count). The van der Waals surface area contributed by atoms with E-state index in [9.17, 15) is 9.59 Å². The third kappa shape index (κ3) is 2.13. The molecule has 0 spiro atoms. The summed E-state index contributed by atoms with van der Waals surface area (Å²) in [6.07, 6.45) is 0. The molecule has 6 heteroatoms. The zero-order chi connectivity index (χ0) is 13.3. The SMILES string of the molecule is Cn1c(=O)c(OCC(=O)O)cc2cc(N)ccc21. The molecule has 18 heavy (non-hydrogen) atoms. The largest absolute Gasteiger partial charge is 0.479 e. The normalized spacial score (nSPS) is 10.5. The number of nitrogens with zero attached hydrogens (tertiary/aromatic N) is 1. The molecular weight excluding hydrogens is 236 g/mol. The molecule has 0 aliphatic heterocycles. The first kappa shape index (κ1) is 12.0. The highest BCUT2D eigenvalue weighted by molar-refractivity contribution is 5.83. The maximum atomic E-state index is 11.9. The lowest BCUT2D eigenvalue weighted by molar-refractivity contribution is -0.139. The minimum atomic E-state index is -1.13. The number of hydrogen-bond acceptors (Lipinski definition) is 4. The van der Waals surface area contributed by atoms with Gasteiger partial charge in [0.15, 0.2) is 12.4 Å². The Morgan fingerprint density at radius 3 is 2.83 bits per heavy atom. The number of anilines is 1. The van der Waals surface area contributed by atoms with Gasteiger partial charge >= 0.3 is 5.97 Å². The van der Waals surface area contributed by atoms with E-state index in [2.05, 4.69) is 0 Å². The maximum absolute atomic E-state index is 11.9. The van der Waals surface area contributed by atoms with Crippen molar-refractivity contribution in [2.75, 3.05) is 12.3 Å². The molecule has 0 bridgehead atoms. The second-order valence-electron chi connectivity index (χ2n) is 3.87. The number of hydrogen-bond donors (Lipinski definition) is 2. The summed E-state index contributed by atoms with van der Waals surface area (Å²) in [5.41, 5.74) is 6.55. The van der Waals surface area contributed by atoms with Crippen LogP contribution in [-0.4, -0.2) is 22.2 Å². The lowest BCUT2D eigenvalue weighted by Gasteiger charge is -2.09. The fraction of sp³-hybridized carbons (Fsp3) is 0.167. The van der Waals surface area contributed by atoms with Crippen molar-refractivity contribution in [1.29, 1.82) is 0 Å². The quantitative estimate of drug-likeness (QED) is 0.775. The van der Waals surface area contributed by atoms with Gasteiger partial charge in [-0.25, -0.2) is 4.79 Å². The molecule has 0 unspecified atom stereocenters. The molecule has 0 saturated heterocycles. The van der Waals surface area contributed by atoms with Crippen molar-refractivity contribution in [2.45, 2.75) is 0 Å². The topological polar surface area (TPSA) is 94.5 Å². The highest BCUT2D eigenvalue weighted by atomic mass is 16.5. The third-order valence-electron chi connectivity index (χ3n) is 2.57. The standard InChI is InChI=1S/C12H12N2O4/c1-14-9-3-2-8(13)4-7(9)5-10(12(14)17)18-6-11(15)16/h2-5H,6,13H2,1H3,(H,15,16). The van der Waals surface area contributed by atoms with E-state index in [1.807, 2.05) is 0 Å². The first-order chi connectivity index (χ1) is 8.49. The third-order valence-corrected chi connectivity index (χ3v) is 2.57. The Morgan fingerprint density at radius 2 is 2.17 bits per heavy atom. The average Bonchev–Trinajstić information content (AvgIpc) is 2.31. The number of carbonyl (C=O) groups is 1. The van der Waals surface area contributed by atoms with Crippen LogP contribution in [-0.2, 0) is 11.8 Å². The average molecular weight is 248 g/mol. The van der Waals surface area contributed by atoms with E-state index < -0.39 is 12.6 Å². The van der Waals surface area contributed by atoms with Crippen molar-refractivity contribution >= 4 is 22.6 Å². The van der Waals surface area contributed by atoms with E-state index in [1.54, 1.807) is 25.2 Å². The van der Waals surface area contributed by atoms with Crippen LogP contribution in [0.1, 0.15) is 0 Å². The molecule has 0 saturated carbocycles. The number of nitrogens with two attached hydrogens (primary N) is 1. The molecule has 1 heterocycles. The van der Waals surface area contributed by atoms with Crippen LogP contribution in [0.5, 0.6) is 5.75 Å². The smallest absolute Gasteiger partial charge is 0.341 e. The van der Waals surface area contributed by atoms with E-state index in [-0.39, 0.29) is 11.3 Å². The van der Waals surface area contributed by atoms with Crippen LogP contribution in [0.15, 0.2) is 29.1 Å². The van der Waals surface area contributed by atoms with Gasteiger partial charge in [-0.15, -0.1) is 0 Å². The zero-order valence-electron chi connectivity index (χ0n) is 9.71. The maximum Gasteiger partial charge on any atom is 0.341 e. The minimum Gasteiger partial charge on any atom is -0.479 e. The molecular formula is C12H12N2O4. The van der Waals surface area contributed by atoms with E-state index >= 15 is 0 Å². The molecule has 0 fully saturated rings. The molecule has 0 atom stereocenters. The van der Waals surface area contributed by atoms with Gasteiger partial charge in [0.2, 0.25) is 0 Å². The van der Waals surface area contributed by atoms with Crippen LogP contribution in [0.3, 0.4) is 0 Å². The van der Waals surface area contributed by atoms with Crippen molar-refractivity contribution in [3.63, 3.8) is 0 Å². The number of pyridine rings is 1. The van der Waals surface area contributed by atoms with Crippen LogP contribution in [0, 0.1) is 0 Å². The molecule has 0 radical (unpaired) electrons. The second kappa shape index (κ2) is 4.40. The Morgan fingerprint density at radius 1 is 1.44 bits per heavy atom. The number of aromatic nitrogens is 1. The highest BCUT2D eigenvalue weighted by Crippen LogP contribution is 2.19. The Bertz CT molecular complexity index is 676. The Kier molecular flexibility index (Phi) is 2.93. The molecule has 0 aliphatic carbocycles. The summed E-state index contributed by atoms with van der Waals surface area (Å²) >= 11 is 0. The lowest BCUT2D eigenvalue weighted by atomic mass is 10.2. The first-order valence-corrected chi connectivity index (χ1v) is 5.23. The summed E-state index contributed by atoms with van der Waals surface area (Å²) in [7, 11) is 1.59. The summed E-state index contributed by atoms with van der Waals surface area (Å²) in [4.78, 5) is 22.3. The van der Waals surface area contributed by atoms with Crippen molar-refractivity contribution < 1.29 is 14.6 Å². The fourth-order valence-corrected chi connectivity index (χ4v) is 1.71. The summed E-state index contributed by atoms with van der Waals surface area (Å²) < 4.78 is 6.35. The van der Waals surface area contributed by atoms with Crippen molar-refractivity contribution in [2.24, 2.45) is 7.05 Å². The van der Waals surface area contributed by atoms with Gasteiger partial charge < -0.3 is 20.1 Å². The molecule has 0 amide bonds. The summed E-state index contributed by atoms with van der Waals surface area (Å²) in [5.74, 6) is -1.14. The molecule has 6 nitrogen and oxygen atoms in total. The van der Waals surface area contributed by atoms with Gasteiger partial charge in [-0.2, -0.15) is 0 Å². The molecule has 1 aromatic heterocycles. The summed E-state index contributed by atoms with van der Waals surface area (Å²) in [6, 6.07) is 6.62. The molecule has 94 valence electrons. The molecule has 1 aromatic carbocycles. The Balaban J connectivity index is 2.58. The monoisotopic (exact) mass is 248 g/mol. The van der Waals surface area contributed by atoms with E-state index in [4.69, 9.17) is 15.6 Å². The predicted octanol–water partition coefficient (Wildman–Crippen LogP) is 0.584. The van der Waals surface area contributed by atoms with Crippen LogP contribution >= 0.6 is 0 Å². The molecule has 3 N–H and O–H groups in total. The van der Waals surface area contributed by atoms with Gasteiger partial charge in [0, 0.05) is 18.1 Å². The number of fused-ring (bicyclic) bond motifs is 1. The van der Waals surface area contributed by atoms with Gasteiger partial charge in [0.05, 0.1) is 5.52 Å².